The van der Waals surface area contributed by atoms with Crippen LogP contribution >= 0.6 is 0 Å². The first-order valence-electron chi connectivity index (χ1n) is 11.4. The highest BCUT2D eigenvalue weighted by Crippen LogP contribution is 2.35. The summed E-state index contributed by atoms with van der Waals surface area (Å²) in [4.78, 5) is 28.2. The van der Waals surface area contributed by atoms with Crippen molar-refractivity contribution in [1.29, 1.82) is 0 Å². The number of carboxylic acid groups (broad SMARTS) is 1. The third-order valence-corrected chi connectivity index (χ3v) is 7.86. The Labute approximate surface area is 209 Å². The van der Waals surface area contributed by atoms with E-state index >= 15 is 0 Å². The summed E-state index contributed by atoms with van der Waals surface area (Å²) in [6, 6.07) is 15.8. The lowest BCUT2D eigenvalue weighted by molar-refractivity contribution is -0.137. The third-order valence-electron chi connectivity index (χ3n) is 5.70. The van der Waals surface area contributed by atoms with Crippen LogP contribution in [-0.2, 0) is 14.6 Å². The monoisotopic (exact) mass is 506 g/mol. The molecule has 0 bridgehead atoms. The molecule has 1 atom stereocenters. The number of nitrogens with zero attached hydrogens (tertiary/aromatic N) is 1. The number of hydrogen-bond acceptors (Lipinski definition) is 7. The molecule has 186 valence electrons. The van der Waals surface area contributed by atoms with Gasteiger partial charge in [0.15, 0.2) is 9.84 Å². The molecule has 0 aliphatic carbocycles. The number of para-hydroxylation sites is 1. The standard InChI is InChI=1S/C26H26N4O5S/c31-25(32)16-23(19-6-5-14-27-17-19)36(34,35)22-8-2-1-7-21(22)30-26(33)18-10-12-20(13-11-18)29-24-9-3-4-15-28-24/h1-2,5-14,17,23,28-29H,3-4,15-16H2,(H,30,33)(H,31,32). The second-order valence-corrected chi connectivity index (χ2v) is 10.4. The normalized spacial score (nSPS) is 14.2. The quantitative estimate of drug-likeness (QED) is 0.342. The average Bonchev–Trinajstić information content (AvgIpc) is 2.89. The number of carbonyl (C=O) groups excluding carboxylic acids is 1. The second kappa shape index (κ2) is 11.0. The molecule has 10 heteroatoms. The van der Waals surface area contributed by atoms with E-state index in [9.17, 15) is 23.1 Å². The number of benzene rings is 2. The van der Waals surface area contributed by atoms with Crippen LogP contribution in [0.15, 0.2) is 89.8 Å². The number of hydrogen-bond donors (Lipinski definition) is 4. The summed E-state index contributed by atoms with van der Waals surface area (Å²) in [7, 11) is -4.19. The average molecular weight is 507 g/mol. The van der Waals surface area contributed by atoms with Gasteiger partial charge in [0.1, 0.15) is 5.25 Å². The predicted molar refractivity (Wildman–Crippen MR) is 136 cm³/mol. The summed E-state index contributed by atoms with van der Waals surface area (Å²) in [5, 5.41) is 17.2. The number of rotatable bonds is 9. The first-order chi connectivity index (χ1) is 17.3. The summed E-state index contributed by atoms with van der Waals surface area (Å²) in [5.41, 5.74) is 1.48. The van der Waals surface area contributed by atoms with E-state index in [0.717, 1.165) is 30.9 Å². The molecule has 0 saturated heterocycles. The zero-order valence-electron chi connectivity index (χ0n) is 19.3. The molecule has 4 N–H and O–H groups in total. The molecule has 1 unspecified atom stereocenters. The SMILES string of the molecule is O=C(O)CC(c1cccnc1)S(=O)(=O)c1ccccc1NC(=O)c1ccc(NC2=CCCCN2)cc1. The van der Waals surface area contributed by atoms with Gasteiger partial charge >= 0.3 is 5.97 Å². The molecule has 0 saturated carbocycles. The largest absolute Gasteiger partial charge is 0.481 e. The van der Waals surface area contributed by atoms with Gasteiger partial charge < -0.3 is 21.1 Å². The van der Waals surface area contributed by atoms with Gasteiger partial charge in [-0.3, -0.25) is 14.6 Å². The molecular formula is C26H26N4O5S. The third kappa shape index (κ3) is 5.89. The molecular weight excluding hydrogens is 480 g/mol. The lowest BCUT2D eigenvalue weighted by Crippen LogP contribution is -2.23. The van der Waals surface area contributed by atoms with Gasteiger partial charge in [-0.2, -0.15) is 0 Å². The lowest BCUT2D eigenvalue weighted by atomic mass is 10.1. The highest BCUT2D eigenvalue weighted by atomic mass is 32.2. The van der Waals surface area contributed by atoms with E-state index in [1.807, 2.05) is 0 Å². The van der Waals surface area contributed by atoms with Gasteiger partial charge in [0.2, 0.25) is 0 Å². The number of carboxylic acids is 1. The van der Waals surface area contributed by atoms with Gasteiger partial charge in [-0.25, -0.2) is 8.42 Å². The van der Waals surface area contributed by atoms with E-state index in [2.05, 4.69) is 27.0 Å². The van der Waals surface area contributed by atoms with E-state index in [1.54, 1.807) is 36.4 Å². The molecule has 1 aromatic heterocycles. The number of pyridine rings is 1. The fraction of sp³-hybridized carbons (Fsp3) is 0.192. The van der Waals surface area contributed by atoms with Gasteiger partial charge in [0.05, 0.1) is 22.8 Å². The summed E-state index contributed by atoms with van der Waals surface area (Å²) in [5.74, 6) is -0.834. The first-order valence-corrected chi connectivity index (χ1v) is 13.0. The molecule has 3 aromatic rings. The van der Waals surface area contributed by atoms with Crippen molar-refractivity contribution in [2.24, 2.45) is 0 Å². The Balaban J connectivity index is 1.57. The Morgan fingerprint density at radius 3 is 2.50 bits per heavy atom. The summed E-state index contributed by atoms with van der Waals surface area (Å²) in [6.45, 7) is 0.899. The summed E-state index contributed by atoms with van der Waals surface area (Å²) >= 11 is 0. The minimum atomic E-state index is -4.19. The predicted octanol–water partition coefficient (Wildman–Crippen LogP) is 3.96. The topological polar surface area (TPSA) is 137 Å². The number of aromatic nitrogens is 1. The highest BCUT2D eigenvalue weighted by Gasteiger charge is 2.33. The van der Waals surface area contributed by atoms with Crippen LogP contribution in [0.4, 0.5) is 11.4 Å². The van der Waals surface area contributed by atoms with Crippen molar-refractivity contribution < 1.29 is 23.1 Å². The number of sulfone groups is 1. The zero-order valence-corrected chi connectivity index (χ0v) is 20.2. The molecule has 2 aromatic carbocycles. The highest BCUT2D eigenvalue weighted by molar-refractivity contribution is 7.91. The van der Waals surface area contributed by atoms with Crippen molar-refractivity contribution in [3.05, 3.63) is 96.1 Å². The number of anilines is 2. The Bertz CT molecular complexity index is 1370. The van der Waals surface area contributed by atoms with Crippen molar-refractivity contribution in [3.63, 3.8) is 0 Å². The molecule has 1 aliphatic heterocycles. The summed E-state index contributed by atoms with van der Waals surface area (Å²) in [6.07, 6.45) is 6.32. The Morgan fingerprint density at radius 1 is 1.06 bits per heavy atom. The van der Waals surface area contributed by atoms with Crippen LogP contribution in [0.3, 0.4) is 0 Å². The van der Waals surface area contributed by atoms with Gasteiger partial charge in [0, 0.05) is 30.2 Å². The van der Waals surface area contributed by atoms with Crippen LogP contribution in [0.25, 0.3) is 0 Å². The number of aliphatic carboxylic acids is 1. The number of nitrogens with one attached hydrogen (secondary N) is 3. The van der Waals surface area contributed by atoms with Crippen molar-refractivity contribution in [1.82, 2.24) is 10.3 Å². The van der Waals surface area contributed by atoms with Crippen LogP contribution in [0, 0.1) is 0 Å². The van der Waals surface area contributed by atoms with Crippen LogP contribution in [0.5, 0.6) is 0 Å². The Morgan fingerprint density at radius 2 is 1.83 bits per heavy atom. The number of allylic oxidation sites excluding steroid dienone is 1. The molecule has 1 amide bonds. The van der Waals surface area contributed by atoms with Crippen LogP contribution in [0.2, 0.25) is 0 Å². The summed E-state index contributed by atoms with van der Waals surface area (Å²) < 4.78 is 27.2. The zero-order chi connectivity index (χ0) is 25.5. The van der Waals surface area contributed by atoms with E-state index < -0.39 is 33.4 Å². The first kappa shape index (κ1) is 24.9. The van der Waals surface area contributed by atoms with E-state index in [4.69, 9.17) is 0 Å². The van der Waals surface area contributed by atoms with E-state index in [-0.39, 0.29) is 16.1 Å². The smallest absolute Gasteiger partial charge is 0.305 e. The van der Waals surface area contributed by atoms with Gasteiger partial charge in [-0.15, -0.1) is 0 Å². The van der Waals surface area contributed by atoms with Crippen molar-refractivity contribution in [2.75, 3.05) is 17.2 Å². The van der Waals surface area contributed by atoms with Gasteiger partial charge in [0.25, 0.3) is 5.91 Å². The molecule has 2 heterocycles. The van der Waals surface area contributed by atoms with Gasteiger partial charge in [-0.1, -0.05) is 18.2 Å². The number of carbonyl (C=O) groups is 2. The maximum absolute atomic E-state index is 13.6. The minimum absolute atomic E-state index is 0.0699. The maximum Gasteiger partial charge on any atom is 0.305 e. The van der Waals surface area contributed by atoms with Crippen molar-refractivity contribution >= 4 is 33.1 Å². The van der Waals surface area contributed by atoms with E-state index in [1.165, 1.54) is 36.7 Å². The van der Waals surface area contributed by atoms with Crippen LogP contribution in [-0.4, -0.2) is 36.9 Å². The lowest BCUT2D eigenvalue weighted by Gasteiger charge is -2.19. The Kier molecular flexibility index (Phi) is 7.65. The van der Waals surface area contributed by atoms with Crippen molar-refractivity contribution in [2.45, 2.75) is 29.4 Å². The molecule has 0 spiro atoms. The van der Waals surface area contributed by atoms with E-state index in [0.29, 0.717) is 5.56 Å². The molecule has 36 heavy (non-hydrogen) atoms. The molecule has 0 radical (unpaired) electrons. The Hall–Kier alpha value is -4.18. The maximum atomic E-state index is 13.6. The second-order valence-electron chi connectivity index (χ2n) is 8.26. The van der Waals surface area contributed by atoms with Crippen molar-refractivity contribution in [3.8, 4) is 0 Å². The van der Waals surface area contributed by atoms with Crippen LogP contribution < -0.4 is 16.0 Å². The fourth-order valence-corrected chi connectivity index (χ4v) is 5.76. The van der Waals surface area contributed by atoms with Crippen LogP contribution in [0.1, 0.15) is 40.4 Å². The minimum Gasteiger partial charge on any atom is -0.481 e. The number of amides is 1. The van der Waals surface area contributed by atoms with Gasteiger partial charge in [-0.05, 0) is 66.9 Å². The molecule has 4 rings (SSSR count). The molecule has 0 fully saturated rings. The molecule has 1 aliphatic rings. The molecule has 9 nitrogen and oxygen atoms in total. The fourth-order valence-electron chi connectivity index (χ4n) is 3.90.